The first kappa shape index (κ1) is 22.6. The molecule has 0 amide bonds. The largest absolute Gasteiger partial charge is 0.437 e. The number of fused-ring (bicyclic) bond motifs is 10. The Hall–Kier alpha value is -5.22. The maximum absolute atomic E-state index is 6.81. The highest BCUT2D eigenvalue weighted by Crippen LogP contribution is 2.52. The van der Waals surface area contributed by atoms with Gasteiger partial charge in [-0.05, 0) is 34.9 Å². The molecule has 0 saturated heterocycles. The Balaban J connectivity index is 1.43. The predicted molar refractivity (Wildman–Crippen MR) is 167 cm³/mol. The molecule has 1 aliphatic carbocycles. The summed E-state index contributed by atoms with van der Waals surface area (Å²) in [4.78, 5) is 10.4. The highest BCUT2D eigenvalue weighted by atomic mass is 16.3. The Labute approximate surface area is 236 Å². The van der Waals surface area contributed by atoms with E-state index in [0.29, 0.717) is 11.7 Å². The standard InChI is InChI=1S/C37H25N3O/c1-37(2)27-17-9-6-16-25(27)31-28(37)21-20-26-32-33(22-12-4-3-5-13-22)38-36(39-35(32)41-34(26)31)40-29-18-10-7-14-23(29)24-15-8-11-19-30(24)40/h3-21H,1-2H3. The second kappa shape index (κ2) is 7.92. The molecule has 8 aromatic rings. The van der Waals surface area contributed by atoms with Crippen molar-refractivity contribution in [2.24, 2.45) is 0 Å². The van der Waals surface area contributed by atoms with Crippen LogP contribution in [0.15, 0.2) is 120 Å². The quantitative estimate of drug-likeness (QED) is 0.225. The summed E-state index contributed by atoms with van der Waals surface area (Å²) in [5.41, 5.74) is 10.4. The van der Waals surface area contributed by atoms with E-state index in [0.717, 1.165) is 38.6 Å². The van der Waals surface area contributed by atoms with E-state index in [4.69, 9.17) is 14.4 Å². The number of hydrogen-bond donors (Lipinski definition) is 0. The average Bonchev–Trinajstić information content (AvgIpc) is 3.63. The molecule has 0 bridgehead atoms. The van der Waals surface area contributed by atoms with Crippen LogP contribution in [-0.4, -0.2) is 14.5 Å². The van der Waals surface area contributed by atoms with Crippen LogP contribution in [0.4, 0.5) is 0 Å². The van der Waals surface area contributed by atoms with Crippen LogP contribution in [0, 0.1) is 0 Å². The van der Waals surface area contributed by atoms with Crippen LogP contribution in [0.25, 0.3) is 72.2 Å². The lowest BCUT2D eigenvalue weighted by Crippen LogP contribution is -2.14. The third kappa shape index (κ3) is 2.94. The second-order valence-electron chi connectivity index (χ2n) is 11.4. The third-order valence-electron chi connectivity index (χ3n) is 8.86. The summed E-state index contributed by atoms with van der Waals surface area (Å²) in [5.74, 6) is 0.602. The van der Waals surface area contributed by atoms with Crippen LogP contribution in [0.1, 0.15) is 25.0 Å². The van der Waals surface area contributed by atoms with Crippen molar-refractivity contribution in [3.05, 3.63) is 126 Å². The molecule has 0 aliphatic heterocycles. The van der Waals surface area contributed by atoms with Gasteiger partial charge in [-0.3, -0.25) is 4.57 Å². The molecule has 9 rings (SSSR count). The minimum Gasteiger partial charge on any atom is -0.437 e. The van der Waals surface area contributed by atoms with Gasteiger partial charge in [-0.25, -0.2) is 4.98 Å². The Bertz CT molecular complexity index is 2290. The van der Waals surface area contributed by atoms with Gasteiger partial charge in [-0.1, -0.05) is 111 Å². The van der Waals surface area contributed by atoms with Crippen molar-refractivity contribution >= 4 is 43.9 Å². The van der Waals surface area contributed by atoms with Gasteiger partial charge in [0.1, 0.15) is 5.58 Å². The fraction of sp³-hybridized carbons (Fsp3) is 0.0811. The zero-order valence-electron chi connectivity index (χ0n) is 22.7. The van der Waals surface area contributed by atoms with Gasteiger partial charge in [0.25, 0.3) is 0 Å². The summed E-state index contributed by atoms with van der Waals surface area (Å²) >= 11 is 0. The molecule has 194 valence electrons. The molecule has 5 aromatic carbocycles. The molecular weight excluding hydrogens is 502 g/mol. The van der Waals surface area contributed by atoms with Crippen molar-refractivity contribution in [3.63, 3.8) is 0 Å². The van der Waals surface area contributed by atoms with Crippen molar-refractivity contribution in [2.45, 2.75) is 19.3 Å². The molecule has 3 aromatic heterocycles. The molecule has 4 nitrogen and oxygen atoms in total. The van der Waals surface area contributed by atoms with Gasteiger partial charge in [0.05, 0.1) is 22.1 Å². The van der Waals surface area contributed by atoms with Gasteiger partial charge in [-0.2, -0.15) is 4.98 Å². The summed E-state index contributed by atoms with van der Waals surface area (Å²) in [7, 11) is 0. The van der Waals surface area contributed by atoms with Crippen LogP contribution >= 0.6 is 0 Å². The lowest BCUT2D eigenvalue weighted by atomic mass is 9.82. The minimum absolute atomic E-state index is 0.110. The van der Waals surface area contributed by atoms with E-state index in [9.17, 15) is 0 Å². The monoisotopic (exact) mass is 527 g/mol. The number of nitrogens with zero attached hydrogens (tertiary/aromatic N) is 3. The van der Waals surface area contributed by atoms with Gasteiger partial charge in [0.2, 0.25) is 11.7 Å². The Morgan fingerprint density at radius 1 is 0.610 bits per heavy atom. The van der Waals surface area contributed by atoms with Crippen molar-refractivity contribution < 1.29 is 4.42 Å². The highest BCUT2D eigenvalue weighted by molar-refractivity contribution is 6.15. The minimum atomic E-state index is -0.110. The van der Waals surface area contributed by atoms with Crippen LogP contribution < -0.4 is 0 Å². The normalized spacial score (nSPS) is 13.8. The van der Waals surface area contributed by atoms with Crippen molar-refractivity contribution in [1.29, 1.82) is 0 Å². The maximum Gasteiger partial charge on any atom is 0.238 e. The first-order valence-corrected chi connectivity index (χ1v) is 14.0. The van der Waals surface area contributed by atoms with Gasteiger partial charge >= 0.3 is 0 Å². The van der Waals surface area contributed by atoms with Crippen LogP contribution in [-0.2, 0) is 5.41 Å². The smallest absolute Gasteiger partial charge is 0.238 e. The highest BCUT2D eigenvalue weighted by Gasteiger charge is 2.37. The van der Waals surface area contributed by atoms with E-state index in [1.807, 2.05) is 6.07 Å². The molecule has 0 unspecified atom stereocenters. The van der Waals surface area contributed by atoms with Gasteiger partial charge in [-0.15, -0.1) is 0 Å². The molecule has 0 spiro atoms. The van der Waals surface area contributed by atoms with E-state index in [1.165, 1.54) is 33.0 Å². The van der Waals surface area contributed by atoms with E-state index in [2.05, 4.69) is 128 Å². The molecule has 0 fully saturated rings. The van der Waals surface area contributed by atoms with Crippen LogP contribution in [0.3, 0.4) is 0 Å². The second-order valence-corrected chi connectivity index (χ2v) is 11.4. The van der Waals surface area contributed by atoms with Gasteiger partial charge < -0.3 is 4.42 Å². The van der Waals surface area contributed by atoms with Crippen LogP contribution in [0.2, 0.25) is 0 Å². The molecule has 1 aliphatic rings. The number of aromatic nitrogens is 3. The van der Waals surface area contributed by atoms with Crippen molar-refractivity contribution in [3.8, 4) is 28.3 Å². The molecular formula is C37H25N3O. The molecule has 41 heavy (non-hydrogen) atoms. The fourth-order valence-corrected chi connectivity index (χ4v) is 6.95. The number of benzene rings is 5. The van der Waals surface area contributed by atoms with E-state index in [1.54, 1.807) is 0 Å². The number of hydrogen-bond acceptors (Lipinski definition) is 3. The summed E-state index contributed by atoms with van der Waals surface area (Å²) in [6.45, 7) is 4.59. The fourth-order valence-electron chi connectivity index (χ4n) is 6.95. The van der Waals surface area contributed by atoms with Gasteiger partial charge in [0.15, 0.2) is 0 Å². The zero-order chi connectivity index (χ0) is 27.3. The summed E-state index contributed by atoms with van der Waals surface area (Å²) in [6.07, 6.45) is 0. The maximum atomic E-state index is 6.81. The van der Waals surface area contributed by atoms with E-state index >= 15 is 0 Å². The zero-order valence-corrected chi connectivity index (χ0v) is 22.7. The number of para-hydroxylation sites is 2. The lowest BCUT2D eigenvalue weighted by molar-refractivity contribution is 0.645. The van der Waals surface area contributed by atoms with Gasteiger partial charge in [0, 0.05) is 32.7 Å². The molecule has 3 heterocycles. The summed E-state index contributed by atoms with van der Waals surface area (Å²) in [5, 5.41) is 4.34. The summed E-state index contributed by atoms with van der Waals surface area (Å²) < 4.78 is 8.97. The first-order valence-electron chi connectivity index (χ1n) is 14.0. The Morgan fingerprint density at radius 2 is 1.27 bits per heavy atom. The predicted octanol–water partition coefficient (Wildman–Crippen LogP) is 9.45. The Kier molecular flexibility index (Phi) is 4.36. The molecule has 0 saturated carbocycles. The number of rotatable bonds is 2. The van der Waals surface area contributed by atoms with Crippen molar-refractivity contribution in [2.75, 3.05) is 0 Å². The molecule has 0 radical (unpaired) electrons. The summed E-state index contributed by atoms with van der Waals surface area (Å²) in [6, 6.07) is 40.4. The molecule has 4 heteroatoms. The molecule has 0 N–H and O–H groups in total. The SMILES string of the molecule is CC1(C)c2ccccc2-c2c1ccc1c2oc2nc(-n3c4ccccc4c4ccccc43)nc(-c3ccccc3)c21. The van der Waals surface area contributed by atoms with Crippen LogP contribution in [0.5, 0.6) is 0 Å². The van der Waals surface area contributed by atoms with E-state index in [-0.39, 0.29) is 5.41 Å². The molecule has 0 atom stereocenters. The first-order chi connectivity index (χ1) is 20.1. The average molecular weight is 528 g/mol. The number of furan rings is 1. The van der Waals surface area contributed by atoms with E-state index < -0.39 is 0 Å². The topological polar surface area (TPSA) is 43.9 Å². The Morgan fingerprint density at radius 3 is 2.02 bits per heavy atom. The third-order valence-corrected chi connectivity index (χ3v) is 8.86. The van der Waals surface area contributed by atoms with Crippen molar-refractivity contribution in [1.82, 2.24) is 14.5 Å². The lowest BCUT2D eigenvalue weighted by Gasteiger charge is -2.21.